The largest absolute Gasteiger partial charge is 0.497 e. The molecule has 2 N–H and O–H groups in total. The quantitative estimate of drug-likeness (QED) is 0.645. The molecule has 0 bridgehead atoms. The van der Waals surface area contributed by atoms with E-state index in [9.17, 15) is 13.2 Å². The average Bonchev–Trinajstić information content (AvgIpc) is 2.67. The molecule has 0 saturated carbocycles. The van der Waals surface area contributed by atoms with Crippen molar-refractivity contribution in [3.05, 3.63) is 72.1 Å². The van der Waals surface area contributed by atoms with Crippen LogP contribution in [-0.2, 0) is 12.7 Å². The van der Waals surface area contributed by atoms with Crippen molar-refractivity contribution in [3.8, 4) is 5.75 Å². The molecule has 3 rings (SSSR count). The molecule has 0 spiro atoms. The molecule has 0 aliphatic heterocycles. The van der Waals surface area contributed by atoms with Crippen LogP contribution >= 0.6 is 0 Å². The molecule has 0 saturated heterocycles. The molecule has 0 atom stereocenters. The number of hydrogen-bond acceptors (Lipinski definition) is 5. The summed E-state index contributed by atoms with van der Waals surface area (Å²) in [6, 6.07) is 14.1. The highest BCUT2D eigenvalue weighted by Crippen LogP contribution is 2.31. The molecule has 8 heteroatoms. The van der Waals surface area contributed by atoms with Crippen molar-refractivity contribution in [3.63, 3.8) is 0 Å². The van der Waals surface area contributed by atoms with Crippen molar-refractivity contribution in [2.45, 2.75) is 12.7 Å². The second-order valence-corrected chi connectivity index (χ2v) is 5.69. The molecule has 5 nitrogen and oxygen atoms in total. The van der Waals surface area contributed by atoms with Gasteiger partial charge in [0.2, 0.25) is 0 Å². The van der Waals surface area contributed by atoms with Crippen LogP contribution in [0.2, 0.25) is 0 Å². The number of hydrogen-bond donors (Lipinski definition) is 2. The lowest BCUT2D eigenvalue weighted by atomic mass is 10.2. The topological polar surface area (TPSA) is 59.1 Å². The number of rotatable bonds is 6. The van der Waals surface area contributed by atoms with E-state index in [2.05, 4.69) is 20.6 Å². The standard InChI is InChI=1S/C19H17F3N4O/c1-27-16-7-5-13(6-8-16)11-23-17-10-18(25-12-24-17)26-15-4-2-3-14(9-15)19(20,21)22/h2-10,12H,11H2,1H3,(H2,23,24,25,26). The summed E-state index contributed by atoms with van der Waals surface area (Å²) < 4.78 is 43.5. The van der Waals surface area contributed by atoms with E-state index in [0.717, 1.165) is 23.4 Å². The highest BCUT2D eigenvalue weighted by Gasteiger charge is 2.30. The molecule has 2 aromatic carbocycles. The van der Waals surface area contributed by atoms with Crippen LogP contribution in [0.4, 0.5) is 30.5 Å². The summed E-state index contributed by atoms with van der Waals surface area (Å²) in [6.45, 7) is 0.532. The zero-order valence-electron chi connectivity index (χ0n) is 14.4. The molecule has 27 heavy (non-hydrogen) atoms. The first kappa shape index (κ1) is 18.5. The molecule has 0 aliphatic carbocycles. The van der Waals surface area contributed by atoms with E-state index >= 15 is 0 Å². The fourth-order valence-corrected chi connectivity index (χ4v) is 2.38. The molecule has 0 aliphatic rings. The lowest BCUT2D eigenvalue weighted by Crippen LogP contribution is -2.06. The van der Waals surface area contributed by atoms with Gasteiger partial charge in [-0.2, -0.15) is 13.2 Å². The maximum absolute atomic E-state index is 12.8. The summed E-state index contributed by atoms with van der Waals surface area (Å²) in [7, 11) is 1.60. The van der Waals surface area contributed by atoms with Crippen molar-refractivity contribution < 1.29 is 17.9 Å². The SMILES string of the molecule is COc1ccc(CNc2cc(Nc3cccc(C(F)(F)F)c3)ncn2)cc1. The minimum Gasteiger partial charge on any atom is -0.497 e. The third-order valence-corrected chi connectivity index (χ3v) is 3.76. The van der Waals surface area contributed by atoms with E-state index in [1.807, 2.05) is 24.3 Å². The van der Waals surface area contributed by atoms with Crippen LogP contribution in [0.5, 0.6) is 5.75 Å². The number of alkyl halides is 3. The molecule has 0 unspecified atom stereocenters. The highest BCUT2D eigenvalue weighted by atomic mass is 19.4. The normalized spacial score (nSPS) is 11.1. The zero-order chi connectivity index (χ0) is 19.3. The molecular formula is C19H17F3N4O. The highest BCUT2D eigenvalue weighted by molar-refractivity contribution is 5.59. The number of benzene rings is 2. The molecule has 0 amide bonds. The van der Waals surface area contributed by atoms with Crippen LogP contribution in [0.1, 0.15) is 11.1 Å². The minimum atomic E-state index is -4.39. The van der Waals surface area contributed by atoms with Crippen molar-refractivity contribution in [1.82, 2.24) is 9.97 Å². The van der Waals surface area contributed by atoms with Crippen LogP contribution < -0.4 is 15.4 Å². The number of methoxy groups -OCH3 is 1. The Hall–Kier alpha value is -3.29. The first-order chi connectivity index (χ1) is 12.9. The van der Waals surface area contributed by atoms with Gasteiger partial charge in [-0.15, -0.1) is 0 Å². The Balaban J connectivity index is 1.66. The molecule has 1 aromatic heterocycles. The number of nitrogens with one attached hydrogen (secondary N) is 2. The van der Waals surface area contributed by atoms with Gasteiger partial charge in [0.05, 0.1) is 12.7 Å². The fourth-order valence-electron chi connectivity index (χ4n) is 2.38. The summed E-state index contributed by atoms with van der Waals surface area (Å²) >= 11 is 0. The molecular weight excluding hydrogens is 357 g/mol. The maximum atomic E-state index is 12.8. The van der Waals surface area contributed by atoms with Gasteiger partial charge < -0.3 is 15.4 Å². The lowest BCUT2D eigenvalue weighted by Gasteiger charge is -2.11. The van der Waals surface area contributed by atoms with Crippen molar-refractivity contribution in [2.75, 3.05) is 17.7 Å². The summed E-state index contributed by atoms with van der Waals surface area (Å²) in [5.41, 5.74) is 0.603. The Morgan fingerprint density at radius 1 is 0.963 bits per heavy atom. The van der Waals surface area contributed by atoms with E-state index in [1.54, 1.807) is 19.2 Å². The Labute approximate surface area is 154 Å². The van der Waals surface area contributed by atoms with Gasteiger partial charge in [0.1, 0.15) is 23.7 Å². The van der Waals surface area contributed by atoms with Crippen LogP contribution in [-0.4, -0.2) is 17.1 Å². The number of halogens is 3. The maximum Gasteiger partial charge on any atom is 0.416 e. The number of nitrogens with zero attached hydrogens (tertiary/aromatic N) is 2. The Morgan fingerprint density at radius 3 is 2.41 bits per heavy atom. The average molecular weight is 374 g/mol. The summed E-state index contributed by atoms with van der Waals surface area (Å²) in [5.74, 6) is 1.71. The van der Waals surface area contributed by atoms with Gasteiger partial charge in [-0.3, -0.25) is 0 Å². The van der Waals surface area contributed by atoms with E-state index in [4.69, 9.17) is 4.74 Å². The molecule has 3 aromatic rings. The van der Waals surface area contributed by atoms with Crippen LogP contribution in [0, 0.1) is 0 Å². The number of anilines is 3. The second kappa shape index (κ2) is 7.94. The van der Waals surface area contributed by atoms with Gasteiger partial charge in [-0.1, -0.05) is 18.2 Å². The smallest absolute Gasteiger partial charge is 0.416 e. The second-order valence-electron chi connectivity index (χ2n) is 5.69. The fraction of sp³-hybridized carbons (Fsp3) is 0.158. The zero-order valence-corrected chi connectivity index (χ0v) is 14.4. The van der Waals surface area contributed by atoms with Gasteiger partial charge in [-0.25, -0.2) is 9.97 Å². The van der Waals surface area contributed by atoms with Crippen molar-refractivity contribution in [2.24, 2.45) is 0 Å². The predicted molar refractivity (Wildman–Crippen MR) is 97.1 cm³/mol. The summed E-state index contributed by atoms with van der Waals surface area (Å²) in [6.07, 6.45) is -3.05. The van der Waals surface area contributed by atoms with Gasteiger partial charge >= 0.3 is 6.18 Å². The van der Waals surface area contributed by atoms with Crippen LogP contribution in [0.3, 0.4) is 0 Å². The minimum absolute atomic E-state index is 0.296. The predicted octanol–water partition coefficient (Wildman–Crippen LogP) is 4.86. The van der Waals surface area contributed by atoms with Gasteiger partial charge in [-0.05, 0) is 35.9 Å². The van der Waals surface area contributed by atoms with Gasteiger partial charge in [0.25, 0.3) is 0 Å². The van der Waals surface area contributed by atoms with Crippen LogP contribution in [0.15, 0.2) is 60.9 Å². The van der Waals surface area contributed by atoms with Crippen LogP contribution in [0.25, 0.3) is 0 Å². The molecule has 0 fully saturated rings. The van der Waals surface area contributed by atoms with Crippen molar-refractivity contribution in [1.29, 1.82) is 0 Å². The molecule has 1 heterocycles. The summed E-state index contributed by atoms with van der Waals surface area (Å²) in [4.78, 5) is 8.16. The lowest BCUT2D eigenvalue weighted by molar-refractivity contribution is -0.137. The van der Waals surface area contributed by atoms with Crippen molar-refractivity contribution >= 4 is 17.3 Å². The van der Waals surface area contributed by atoms with E-state index in [-0.39, 0.29) is 0 Å². The molecule has 0 radical (unpaired) electrons. The first-order valence-electron chi connectivity index (χ1n) is 8.07. The number of aromatic nitrogens is 2. The van der Waals surface area contributed by atoms with E-state index < -0.39 is 11.7 Å². The number of ether oxygens (including phenoxy) is 1. The monoisotopic (exact) mass is 374 g/mol. The third kappa shape index (κ3) is 5.10. The third-order valence-electron chi connectivity index (χ3n) is 3.76. The molecule has 140 valence electrons. The Bertz CT molecular complexity index is 898. The van der Waals surface area contributed by atoms with E-state index in [0.29, 0.717) is 23.9 Å². The first-order valence-corrected chi connectivity index (χ1v) is 8.07. The van der Waals surface area contributed by atoms with Gasteiger partial charge in [0.15, 0.2) is 0 Å². The Kier molecular flexibility index (Phi) is 5.44. The Morgan fingerprint density at radius 2 is 1.70 bits per heavy atom. The van der Waals surface area contributed by atoms with E-state index in [1.165, 1.54) is 12.4 Å². The summed E-state index contributed by atoms with van der Waals surface area (Å²) in [5, 5.41) is 6.01. The van der Waals surface area contributed by atoms with Gasteiger partial charge in [0, 0.05) is 18.3 Å².